The van der Waals surface area contributed by atoms with Gasteiger partial charge in [-0.2, -0.15) is 12.6 Å². The molecule has 0 aliphatic carbocycles. The Labute approximate surface area is 77.2 Å². The SMILES string of the molecule is CC(C)(C)CC(S)C(C)(C)C. The topological polar surface area (TPSA) is 0 Å². The van der Waals surface area contributed by atoms with Crippen LogP contribution in [0.3, 0.4) is 0 Å². The average Bonchev–Trinajstić information content (AvgIpc) is 1.56. The fourth-order valence-corrected chi connectivity index (χ4v) is 1.43. The number of thiol groups is 1. The van der Waals surface area contributed by atoms with Crippen molar-refractivity contribution >= 4 is 12.6 Å². The Morgan fingerprint density at radius 1 is 1.00 bits per heavy atom. The van der Waals surface area contributed by atoms with Crippen LogP contribution in [-0.2, 0) is 0 Å². The summed E-state index contributed by atoms with van der Waals surface area (Å²) in [6.45, 7) is 13.5. The van der Waals surface area contributed by atoms with Crippen molar-refractivity contribution in [2.75, 3.05) is 0 Å². The molecule has 1 unspecified atom stereocenters. The van der Waals surface area contributed by atoms with Crippen molar-refractivity contribution in [1.29, 1.82) is 0 Å². The van der Waals surface area contributed by atoms with Gasteiger partial charge in [0.1, 0.15) is 0 Å². The first-order valence-electron chi connectivity index (χ1n) is 4.31. The lowest BCUT2D eigenvalue weighted by Crippen LogP contribution is -2.25. The highest BCUT2D eigenvalue weighted by Gasteiger charge is 2.25. The van der Waals surface area contributed by atoms with Crippen molar-refractivity contribution in [3.8, 4) is 0 Å². The number of hydrogen-bond donors (Lipinski definition) is 1. The van der Waals surface area contributed by atoms with Crippen LogP contribution in [0, 0.1) is 10.8 Å². The van der Waals surface area contributed by atoms with Crippen LogP contribution >= 0.6 is 12.6 Å². The summed E-state index contributed by atoms with van der Waals surface area (Å²) in [5.41, 5.74) is 0.732. The second-order valence-corrected chi connectivity index (χ2v) is 6.27. The summed E-state index contributed by atoms with van der Waals surface area (Å²) >= 11 is 4.60. The maximum atomic E-state index is 4.60. The molecule has 0 N–H and O–H groups in total. The van der Waals surface area contributed by atoms with E-state index in [2.05, 4.69) is 54.2 Å². The lowest BCUT2D eigenvalue weighted by Gasteiger charge is -2.31. The molecule has 0 fully saturated rings. The first-order valence-corrected chi connectivity index (χ1v) is 4.83. The van der Waals surface area contributed by atoms with Crippen molar-refractivity contribution < 1.29 is 0 Å². The van der Waals surface area contributed by atoms with Gasteiger partial charge in [0.15, 0.2) is 0 Å². The lowest BCUT2D eigenvalue weighted by atomic mass is 9.81. The predicted octanol–water partition coefficient (Wildman–Crippen LogP) is 3.77. The van der Waals surface area contributed by atoms with Crippen LogP contribution in [-0.4, -0.2) is 5.25 Å². The minimum absolute atomic E-state index is 0.330. The molecule has 0 rings (SSSR count). The number of hydrogen-bond acceptors (Lipinski definition) is 1. The van der Waals surface area contributed by atoms with Crippen molar-refractivity contribution in [3.05, 3.63) is 0 Å². The van der Waals surface area contributed by atoms with E-state index in [-0.39, 0.29) is 0 Å². The van der Waals surface area contributed by atoms with Gasteiger partial charge in [0, 0.05) is 5.25 Å². The van der Waals surface area contributed by atoms with E-state index in [9.17, 15) is 0 Å². The zero-order valence-corrected chi connectivity index (χ0v) is 9.63. The average molecular weight is 174 g/mol. The molecule has 0 saturated heterocycles. The molecule has 11 heavy (non-hydrogen) atoms. The van der Waals surface area contributed by atoms with Gasteiger partial charge in [0.2, 0.25) is 0 Å². The van der Waals surface area contributed by atoms with E-state index in [0.717, 1.165) is 0 Å². The van der Waals surface area contributed by atoms with Crippen LogP contribution in [0.2, 0.25) is 0 Å². The van der Waals surface area contributed by atoms with Crippen molar-refractivity contribution in [1.82, 2.24) is 0 Å². The van der Waals surface area contributed by atoms with E-state index in [1.807, 2.05) is 0 Å². The van der Waals surface area contributed by atoms with E-state index in [1.54, 1.807) is 0 Å². The molecule has 0 aliphatic heterocycles. The van der Waals surface area contributed by atoms with Gasteiger partial charge in [-0.25, -0.2) is 0 Å². The Kier molecular flexibility index (Phi) is 3.49. The van der Waals surface area contributed by atoms with E-state index in [1.165, 1.54) is 6.42 Å². The largest absolute Gasteiger partial charge is 0.175 e. The first kappa shape index (κ1) is 11.4. The zero-order chi connectivity index (χ0) is 9.28. The van der Waals surface area contributed by atoms with Gasteiger partial charge in [0.05, 0.1) is 0 Å². The lowest BCUT2D eigenvalue weighted by molar-refractivity contribution is 0.288. The Balaban J connectivity index is 3.99. The van der Waals surface area contributed by atoms with Crippen LogP contribution in [0.1, 0.15) is 48.0 Å². The molecule has 0 bridgehead atoms. The summed E-state index contributed by atoms with van der Waals surface area (Å²) in [5, 5.41) is 0.502. The smallest absolute Gasteiger partial charge is 0.00703 e. The Bertz CT molecular complexity index is 114. The fraction of sp³-hybridized carbons (Fsp3) is 1.00. The van der Waals surface area contributed by atoms with Gasteiger partial charge in [-0.05, 0) is 17.3 Å². The minimum atomic E-state index is 0.330. The highest BCUT2D eigenvalue weighted by molar-refractivity contribution is 7.81. The van der Waals surface area contributed by atoms with Gasteiger partial charge < -0.3 is 0 Å². The predicted molar refractivity (Wildman–Crippen MR) is 56.3 cm³/mol. The molecule has 0 amide bonds. The highest BCUT2D eigenvalue weighted by atomic mass is 32.1. The van der Waals surface area contributed by atoms with E-state index < -0.39 is 0 Å². The quantitative estimate of drug-likeness (QED) is 0.575. The summed E-state index contributed by atoms with van der Waals surface area (Å²) in [4.78, 5) is 0. The first-order chi connectivity index (χ1) is 4.63. The van der Waals surface area contributed by atoms with Crippen LogP contribution in [0.15, 0.2) is 0 Å². The third-order valence-corrected chi connectivity index (χ3v) is 2.76. The molecule has 0 aromatic carbocycles. The van der Waals surface area contributed by atoms with E-state index >= 15 is 0 Å². The minimum Gasteiger partial charge on any atom is -0.175 e. The van der Waals surface area contributed by atoms with Gasteiger partial charge in [-0.3, -0.25) is 0 Å². The molecule has 0 radical (unpaired) electrons. The summed E-state index contributed by atoms with van der Waals surface area (Å²) in [6, 6.07) is 0. The molecule has 0 saturated carbocycles. The molecule has 0 heterocycles. The van der Waals surface area contributed by atoms with Gasteiger partial charge >= 0.3 is 0 Å². The third kappa shape index (κ3) is 5.60. The van der Waals surface area contributed by atoms with Gasteiger partial charge in [-0.1, -0.05) is 41.5 Å². The van der Waals surface area contributed by atoms with E-state index in [0.29, 0.717) is 16.1 Å². The molecule has 0 aromatic heterocycles. The molecule has 0 spiro atoms. The molecule has 0 aliphatic rings. The Morgan fingerprint density at radius 3 is 1.45 bits per heavy atom. The summed E-state index contributed by atoms with van der Waals surface area (Å²) < 4.78 is 0. The third-order valence-electron chi connectivity index (χ3n) is 1.81. The zero-order valence-electron chi connectivity index (χ0n) is 8.73. The highest BCUT2D eigenvalue weighted by Crippen LogP contribution is 2.33. The summed E-state index contributed by atoms with van der Waals surface area (Å²) in [7, 11) is 0. The Hall–Kier alpha value is 0.350. The molecule has 68 valence electrons. The van der Waals surface area contributed by atoms with Crippen molar-refractivity contribution in [3.63, 3.8) is 0 Å². The second-order valence-electron chi connectivity index (χ2n) is 5.65. The van der Waals surface area contributed by atoms with Crippen LogP contribution in [0.5, 0.6) is 0 Å². The second kappa shape index (κ2) is 3.38. The maximum Gasteiger partial charge on any atom is 0.00703 e. The van der Waals surface area contributed by atoms with Crippen molar-refractivity contribution in [2.24, 2.45) is 10.8 Å². The van der Waals surface area contributed by atoms with Crippen LogP contribution in [0.25, 0.3) is 0 Å². The summed E-state index contributed by atoms with van der Waals surface area (Å²) in [5.74, 6) is 0. The van der Waals surface area contributed by atoms with Crippen LogP contribution in [0.4, 0.5) is 0 Å². The monoisotopic (exact) mass is 174 g/mol. The summed E-state index contributed by atoms with van der Waals surface area (Å²) in [6.07, 6.45) is 1.18. The number of rotatable bonds is 1. The normalized spacial score (nSPS) is 16.6. The van der Waals surface area contributed by atoms with Gasteiger partial charge in [0.25, 0.3) is 0 Å². The Morgan fingerprint density at radius 2 is 1.36 bits per heavy atom. The molecule has 0 nitrogen and oxygen atoms in total. The molecule has 1 heteroatoms. The molecule has 1 atom stereocenters. The standard InChI is InChI=1S/C10H22S/c1-9(2,3)7-8(11)10(4,5)6/h8,11H,7H2,1-6H3. The maximum absolute atomic E-state index is 4.60. The fourth-order valence-electron chi connectivity index (χ4n) is 0.886. The molecule has 0 aromatic rings. The van der Waals surface area contributed by atoms with E-state index in [4.69, 9.17) is 0 Å². The van der Waals surface area contributed by atoms with Crippen LogP contribution < -0.4 is 0 Å². The van der Waals surface area contributed by atoms with Gasteiger partial charge in [-0.15, -0.1) is 0 Å². The van der Waals surface area contributed by atoms with Crippen molar-refractivity contribution in [2.45, 2.75) is 53.2 Å². The molecular weight excluding hydrogens is 152 g/mol. The molecular formula is C10H22S.